The molecule has 0 unspecified atom stereocenters. The smallest absolute Gasteiger partial charge is 0.416 e. The molecule has 8 nitrogen and oxygen atoms in total. The van der Waals surface area contributed by atoms with Gasteiger partial charge < -0.3 is 19.7 Å². The van der Waals surface area contributed by atoms with Gasteiger partial charge in [-0.05, 0) is 36.4 Å². The van der Waals surface area contributed by atoms with Crippen molar-refractivity contribution in [3.8, 4) is 5.75 Å². The zero-order chi connectivity index (χ0) is 24.4. The molecule has 0 radical (unpaired) electrons. The van der Waals surface area contributed by atoms with Crippen molar-refractivity contribution in [2.75, 3.05) is 57.7 Å². The number of morpholine rings is 1. The first-order chi connectivity index (χ1) is 15.4. The summed E-state index contributed by atoms with van der Waals surface area (Å²) in [5.74, 6) is -0.736. The van der Waals surface area contributed by atoms with Crippen LogP contribution in [0.3, 0.4) is 0 Å². The number of ether oxygens (including phenoxy) is 2. The quantitative estimate of drug-likeness (QED) is 0.674. The lowest BCUT2D eigenvalue weighted by atomic mass is 10.1. The van der Waals surface area contributed by atoms with Crippen molar-refractivity contribution < 1.29 is 35.9 Å². The van der Waals surface area contributed by atoms with E-state index in [0.717, 1.165) is 18.2 Å². The van der Waals surface area contributed by atoms with Crippen molar-refractivity contribution in [3.05, 3.63) is 47.5 Å². The second-order valence-corrected chi connectivity index (χ2v) is 9.39. The maximum absolute atomic E-state index is 13.2. The van der Waals surface area contributed by atoms with E-state index < -0.39 is 27.7 Å². The van der Waals surface area contributed by atoms with Gasteiger partial charge in [-0.25, -0.2) is 8.42 Å². The Morgan fingerprint density at radius 1 is 1.12 bits per heavy atom. The summed E-state index contributed by atoms with van der Waals surface area (Å²) < 4.78 is 77.2. The fraction of sp³-hybridized carbons (Fsp3) is 0.381. The summed E-state index contributed by atoms with van der Waals surface area (Å²) in [4.78, 5) is 14.5. The molecule has 12 heteroatoms. The van der Waals surface area contributed by atoms with Gasteiger partial charge in [-0.2, -0.15) is 17.5 Å². The summed E-state index contributed by atoms with van der Waals surface area (Å²) in [6.45, 7) is 0.857. The molecule has 0 aliphatic carbocycles. The van der Waals surface area contributed by atoms with Gasteiger partial charge in [-0.1, -0.05) is 0 Å². The van der Waals surface area contributed by atoms with E-state index in [4.69, 9.17) is 9.47 Å². The third kappa shape index (κ3) is 5.40. The number of alkyl halides is 3. The number of sulfonamides is 1. The molecule has 1 heterocycles. The highest BCUT2D eigenvalue weighted by molar-refractivity contribution is 7.89. The van der Waals surface area contributed by atoms with Crippen LogP contribution in [-0.4, -0.2) is 66.1 Å². The summed E-state index contributed by atoms with van der Waals surface area (Å²) in [6.07, 6.45) is -4.60. The summed E-state index contributed by atoms with van der Waals surface area (Å²) in [7, 11) is 0.639. The molecular formula is C21H24F3N3O5S. The average molecular weight is 488 g/mol. The van der Waals surface area contributed by atoms with Gasteiger partial charge in [0.2, 0.25) is 10.0 Å². The maximum atomic E-state index is 13.2. The molecule has 1 aliphatic heterocycles. The molecule has 1 N–H and O–H groups in total. The second-order valence-electron chi connectivity index (χ2n) is 7.46. The number of benzene rings is 2. The van der Waals surface area contributed by atoms with E-state index in [1.54, 1.807) is 19.0 Å². The van der Waals surface area contributed by atoms with E-state index in [0.29, 0.717) is 5.69 Å². The van der Waals surface area contributed by atoms with Crippen molar-refractivity contribution in [1.82, 2.24) is 4.31 Å². The van der Waals surface area contributed by atoms with E-state index in [9.17, 15) is 26.4 Å². The van der Waals surface area contributed by atoms with Gasteiger partial charge >= 0.3 is 6.18 Å². The topological polar surface area (TPSA) is 88.2 Å². The van der Waals surface area contributed by atoms with Crippen LogP contribution in [0.15, 0.2) is 41.3 Å². The van der Waals surface area contributed by atoms with E-state index in [1.807, 2.05) is 0 Å². The Kier molecular flexibility index (Phi) is 7.20. The first-order valence-corrected chi connectivity index (χ1v) is 11.3. The molecule has 1 saturated heterocycles. The van der Waals surface area contributed by atoms with Crippen molar-refractivity contribution in [2.45, 2.75) is 11.1 Å². The molecule has 180 valence electrons. The molecule has 1 aliphatic rings. The fourth-order valence-corrected chi connectivity index (χ4v) is 4.79. The van der Waals surface area contributed by atoms with Crippen LogP contribution in [0.1, 0.15) is 15.9 Å². The lowest BCUT2D eigenvalue weighted by molar-refractivity contribution is -0.137. The third-order valence-electron chi connectivity index (χ3n) is 5.08. The highest BCUT2D eigenvalue weighted by Gasteiger charge is 2.32. The average Bonchev–Trinajstić information content (AvgIpc) is 2.78. The Morgan fingerprint density at radius 2 is 1.79 bits per heavy atom. The van der Waals surface area contributed by atoms with Gasteiger partial charge in [-0.15, -0.1) is 0 Å². The molecule has 1 fully saturated rings. The number of nitrogens with one attached hydrogen (secondary N) is 1. The van der Waals surface area contributed by atoms with E-state index >= 15 is 0 Å². The van der Waals surface area contributed by atoms with Gasteiger partial charge in [0.25, 0.3) is 5.91 Å². The standard InChI is InChI=1S/C21H24F3N3O5S/c1-26(2)18-6-4-14(21(22,23)24)12-17(18)25-20(28)16-13-15(5-7-19(16)31-3)33(29,30)27-8-10-32-11-9-27/h4-7,12-13H,8-11H2,1-3H3,(H,25,28). The minimum atomic E-state index is -4.60. The monoisotopic (exact) mass is 487 g/mol. The zero-order valence-corrected chi connectivity index (χ0v) is 19.1. The van der Waals surface area contributed by atoms with Crippen LogP contribution in [-0.2, 0) is 20.9 Å². The normalized spacial score (nSPS) is 15.2. The van der Waals surface area contributed by atoms with Gasteiger partial charge in [0.1, 0.15) is 5.75 Å². The van der Waals surface area contributed by atoms with E-state index in [-0.39, 0.29) is 48.2 Å². The van der Waals surface area contributed by atoms with Crippen molar-refractivity contribution in [3.63, 3.8) is 0 Å². The summed E-state index contributed by atoms with van der Waals surface area (Å²) >= 11 is 0. The van der Waals surface area contributed by atoms with Gasteiger partial charge in [0.05, 0.1) is 47.7 Å². The first kappa shape index (κ1) is 24.8. The largest absolute Gasteiger partial charge is 0.496 e. The highest BCUT2D eigenvalue weighted by Crippen LogP contribution is 2.35. The molecule has 33 heavy (non-hydrogen) atoms. The van der Waals surface area contributed by atoms with E-state index in [1.165, 1.54) is 29.6 Å². The number of anilines is 2. The molecule has 0 spiro atoms. The Bertz CT molecular complexity index is 1130. The summed E-state index contributed by atoms with van der Waals surface area (Å²) in [5.41, 5.74) is -0.802. The number of halogens is 3. The van der Waals surface area contributed by atoms with Gasteiger partial charge in [0.15, 0.2) is 0 Å². The molecular weight excluding hydrogens is 463 g/mol. The van der Waals surface area contributed by atoms with Gasteiger partial charge in [-0.3, -0.25) is 4.79 Å². The van der Waals surface area contributed by atoms with Crippen molar-refractivity contribution in [2.24, 2.45) is 0 Å². The maximum Gasteiger partial charge on any atom is 0.416 e. The minimum absolute atomic E-state index is 0.0757. The number of methoxy groups -OCH3 is 1. The fourth-order valence-electron chi connectivity index (χ4n) is 3.35. The number of rotatable bonds is 6. The Hall–Kier alpha value is -2.83. The lowest BCUT2D eigenvalue weighted by Crippen LogP contribution is -2.40. The number of hydrogen-bond donors (Lipinski definition) is 1. The van der Waals surface area contributed by atoms with Crippen LogP contribution in [0.2, 0.25) is 0 Å². The first-order valence-electron chi connectivity index (χ1n) is 9.91. The molecule has 0 bridgehead atoms. The van der Waals surface area contributed by atoms with Crippen LogP contribution in [0, 0.1) is 0 Å². The Balaban J connectivity index is 2.00. The third-order valence-corrected chi connectivity index (χ3v) is 6.97. The number of hydrogen-bond acceptors (Lipinski definition) is 6. The van der Waals surface area contributed by atoms with Crippen molar-refractivity contribution in [1.29, 1.82) is 0 Å². The molecule has 3 rings (SSSR count). The molecule has 0 aromatic heterocycles. The predicted molar refractivity (Wildman–Crippen MR) is 116 cm³/mol. The number of carbonyl (C=O) groups is 1. The minimum Gasteiger partial charge on any atom is -0.496 e. The summed E-state index contributed by atoms with van der Waals surface area (Å²) in [6, 6.07) is 6.79. The number of amides is 1. The van der Waals surface area contributed by atoms with Crippen LogP contribution in [0.5, 0.6) is 5.75 Å². The molecule has 0 saturated carbocycles. The molecule has 2 aromatic carbocycles. The summed E-state index contributed by atoms with van der Waals surface area (Å²) in [5, 5.41) is 2.46. The SMILES string of the molecule is COc1ccc(S(=O)(=O)N2CCOCC2)cc1C(=O)Nc1cc(C(F)(F)F)ccc1N(C)C. The molecule has 0 atom stereocenters. The number of carbonyl (C=O) groups excluding carboxylic acids is 1. The van der Waals surface area contributed by atoms with Crippen molar-refractivity contribution >= 4 is 27.3 Å². The second kappa shape index (κ2) is 9.57. The Labute approximate surface area is 189 Å². The Morgan fingerprint density at radius 3 is 2.36 bits per heavy atom. The number of nitrogens with zero attached hydrogens (tertiary/aromatic N) is 2. The predicted octanol–water partition coefficient (Wildman–Crippen LogP) is 3.05. The zero-order valence-electron chi connectivity index (χ0n) is 18.3. The van der Waals surface area contributed by atoms with Gasteiger partial charge in [0, 0.05) is 27.2 Å². The van der Waals surface area contributed by atoms with Crippen LogP contribution >= 0.6 is 0 Å². The lowest BCUT2D eigenvalue weighted by Gasteiger charge is -2.26. The van der Waals surface area contributed by atoms with Crippen LogP contribution in [0.4, 0.5) is 24.5 Å². The highest BCUT2D eigenvalue weighted by atomic mass is 32.2. The van der Waals surface area contributed by atoms with E-state index in [2.05, 4.69) is 5.32 Å². The molecule has 1 amide bonds. The van der Waals surface area contributed by atoms with Crippen LogP contribution in [0.25, 0.3) is 0 Å². The molecule has 2 aromatic rings. The van der Waals surface area contributed by atoms with Crippen LogP contribution < -0.4 is 15.0 Å².